The van der Waals surface area contributed by atoms with E-state index in [-0.39, 0.29) is 0 Å². The van der Waals surface area contributed by atoms with Crippen LogP contribution in [0.25, 0.3) is 11.5 Å². The van der Waals surface area contributed by atoms with E-state index in [9.17, 15) is 0 Å². The van der Waals surface area contributed by atoms with Gasteiger partial charge in [-0.3, -0.25) is 4.68 Å². The second kappa shape index (κ2) is 6.03. The highest BCUT2D eigenvalue weighted by Gasteiger charge is 2.16. The van der Waals surface area contributed by atoms with Crippen molar-refractivity contribution in [2.45, 2.75) is 46.6 Å². The Morgan fingerprint density at radius 1 is 1.30 bits per heavy atom. The minimum absolute atomic E-state index is 0.395. The quantitative estimate of drug-likeness (QED) is 0.908. The summed E-state index contributed by atoms with van der Waals surface area (Å²) in [7, 11) is 1.90. The molecule has 0 aromatic carbocycles. The van der Waals surface area contributed by atoms with Gasteiger partial charge in [-0.25, -0.2) is 9.97 Å². The van der Waals surface area contributed by atoms with Gasteiger partial charge in [0, 0.05) is 31.0 Å². The molecule has 0 saturated carbocycles. The molecule has 2 aromatic heterocycles. The van der Waals surface area contributed by atoms with Gasteiger partial charge in [-0.2, -0.15) is 5.10 Å². The van der Waals surface area contributed by atoms with Crippen LogP contribution < -0.4 is 5.32 Å². The summed E-state index contributed by atoms with van der Waals surface area (Å²) < 4.78 is 1.96. The highest BCUT2D eigenvalue weighted by molar-refractivity contribution is 5.57. The molecule has 0 aliphatic rings. The van der Waals surface area contributed by atoms with Crippen molar-refractivity contribution >= 4 is 5.82 Å². The van der Waals surface area contributed by atoms with E-state index in [1.54, 1.807) is 6.20 Å². The van der Waals surface area contributed by atoms with E-state index in [0.717, 1.165) is 36.0 Å². The molecule has 2 aromatic rings. The predicted molar refractivity (Wildman–Crippen MR) is 81.9 cm³/mol. The number of aryl methyl sites for hydroxylation is 2. The van der Waals surface area contributed by atoms with Crippen LogP contribution >= 0.6 is 0 Å². The van der Waals surface area contributed by atoms with Gasteiger partial charge in [0.05, 0.1) is 0 Å². The second-order valence-electron chi connectivity index (χ2n) is 5.24. The van der Waals surface area contributed by atoms with Crippen LogP contribution in [0.5, 0.6) is 0 Å². The molecule has 0 amide bonds. The Bertz CT molecular complexity index is 586. The Hall–Kier alpha value is -1.91. The number of aromatic nitrogens is 4. The fourth-order valence-corrected chi connectivity index (χ4v) is 2.49. The van der Waals surface area contributed by atoms with Gasteiger partial charge < -0.3 is 5.32 Å². The lowest BCUT2D eigenvalue weighted by molar-refractivity contribution is 0.606. The van der Waals surface area contributed by atoms with Crippen molar-refractivity contribution in [3.8, 4) is 11.5 Å². The number of nitrogens with one attached hydrogen (secondary N) is 1. The minimum atomic E-state index is 0.395. The maximum Gasteiger partial charge on any atom is 0.180 e. The molecule has 0 atom stereocenters. The van der Waals surface area contributed by atoms with Gasteiger partial charge in [-0.05, 0) is 25.3 Å². The standard InChI is InChI=1S/C15H23N5/c1-6-9-20-12(7-8-17-20)14-18-11(4)13(10(2)3)15(16-5)19-14/h7-8,10H,6,9H2,1-5H3,(H,16,18,19). The van der Waals surface area contributed by atoms with E-state index in [4.69, 9.17) is 0 Å². The van der Waals surface area contributed by atoms with E-state index in [0.29, 0.717) is 5.92 Å². The van der Waals surface area contributed by atoms with Crippen molar-refractivity contribution in [3.63, 3.8) is 0 Å². The van der Waals surface area contributed by atoms with Gasteiger partial charge >= 0.3 is 0 Å². The van der Waals surface area contributed by atoms with Crippen molar-refractivity contribution in [2.75, 3.05) is 12.4 Å². The Balaban J connectivity index is 2.53. The summed E-state index contributed by atoms with van der Waals surface area (Å²) >= 11 is 0. The summed E-state index contributed by atoms with van der Waals surface area (Å²) in [5.41, 5.74) is 3.18. The van der Waals surface area contributed by atoms with E-state index in [2.05, 4.69) is 41.2 Å². The zero-order chi connectivity index (χ0) is 14.7. The Morgan fingerprint density at radius 2 is 2.05 bits per heavy atom. The molecule has 108 valence electrons. The lowest BCUT2D eigenvalue weighted by Gasteiger charge is -2.16. The zero-order valence-electron chi connectivity index (χ0n) is 12.9. The number of hydrogen-bond acceptors (Lipinski definition) is 4. The normalized spacial score (nSPS) is 11.1. The molecule has 20 heavy (non-hydrogen) atoms. The first kappa shape index (κ1) is 14.5. The average molecular weight is 273 g/mol. The van der Waals surface area contributed by atoms with Crippen LogP contribution in [0.4, 0.5) is 5.82 Å². The molecule has 0 saturated heterocycles. The molecule has 2 rings (SSSR count). The van der Waals surface area contributed by atoms with Gasteiger partial charge in [0.15, 0.2) is 5.82 Å². The Labute approximate surface area is 120 Å². The molecule has 2 heterocycles. The Kier molecular flexibility index (Phi) is 4.37. The zero-order valence-corrected chi connectivity index (χ0v) is 12.9. The highest BCUT2D eigenvalue weighted by Crippen LogP contribution is 2.27. The minimum Gasteiger partial charge on any atom is -0.373 e. The number of hydrogen-bond donors (Lipinski definition) is 1. The smallest absolute Gasteiger partial charge is 0.180 e. The lowest BCUT2D eigenvalue weighted by atomic mass is 10.0. The second-order valence-corrected chi connectivity index (χ2v) is 5.24. The number of rotatable bonds is 5. The topological polar surface area (TPSA) is 55.6 Å². The summed E-state index contributed by atoms with van der Waals surface area (Å²) in [6.45, 7) is 9.38. The molecule has 0 radical (unpaired) electrons. The van der Waals surface area contributed by atoms with E-state index in [1.807, 2.05) is 24.7 Å². The van der Waals surface area contributed by atoms with Crippen LogP contribution in [0.1, 0.15) is 44.4 Å². The third-order valence-corrected chi connectivity index (χ3v) is 3.33. The molecule has 0 aliphatic carbocycles. The predicted octanol–water partition coefficient (Wildman–Crippen LogP) is 3.22. The van der Waals surface area contributed by atoms with Crippen molar-refractivity contribution in [2.24, 2.45) is 0 Å². The fraction of sp³-hybridized carbons (Fsp3) is 0.533. The van der Waals surface area contributed by atoms with Gasteiger partial charge in [0.1, 0.15) is 11.5 Å². The summed E-state index contributed by atoms with van der Waals surface area (Å²) in [5, 5.41) is 7.53. The van der Waals surface area contributed by atoms with Gasteiger partial charge in [-0.1, -0.05) is 20.8 Å². The molecule has 0 unspecified atom stereocenters. The Morgan fingerprint density at radius 3 is 2.65 bits per heavy atom. The molecule has 0 fully saturated rings. The SMILES string of the molecule is CCCn1nccc1-c1nc(C)c(C(C)C)c(NC)n1. The highest BCUT2D eigenvalue weighted by atomic mass is 15.3. The van der Waals surface area contributed by atoms with Crippen molar-refractivity contribution in [3.05, 3.63) is 23.5 Å². The summed E-state index contributed by atoms with van der Waals surface area (Å²) in [5.74, 6) is 2.04. The van der Waals surface area contributed by atoms with Crippen LogP contribution in [0.15, 0.2) is 12.3 Å². The molecule has 5 heteroatoms. The molecule has 5 nitrogen and oxygen atoms in total. The average Bonchev–Trinajstić information content (AvgIpc) is 2.85. The molecule has 1 N–H and O–H groups in total. The van der Waals surface area contributed by atoms with Crippen LogP contribution in [0, 0.1) is 6.92 Å². The fourth-order valence-electron chi connectivity index (χ4n) is 2.49. The van der Waals surface area contributed by atoms with Crippen molar-refractivity contribution in [1.82, 2.24) is 19.7 Å². The van der Waals surface area contributed by atoms with Crippen LogP contribution in [0.2, 0.25) is 0 Å². The van der Waals surface area contributed by atoms with Gasteiger partial charge in [-0.15, -0.1) is 0 Å². The summed E-state index contributed by atoms with van der Waals surface area (Å²) in [6.07, 6.45) is 2.84. The molecule has 0 spiro atoms. The molecule has 0 bridgehead atoms. The number of anilines is 1. The van der Waals surface area contributed by atoms with E-state index in [1.165, 1.54) is 5.56 Å². The van der Waals surface area contributed by atoms with E-state index >= 15 is 0 Å². The van der Waals surface area contributed by atoms with Crippen LogP contribution in [-0.4, -0.2) is 26.8 Å². The van der Waals surface area contributed by atoms with Crippen LogP contribution in [0.3, 0.4) is 0 Å². The lowest BCUT2D eigenvalue weighted by Crippen LogP contribution is -2.09. The largest absolute Gasteiger partial charge is 0.373 e. The first-order valence-corrected chi connectivity index (χ1v) is 7.16. The van der Waals surface area contributed by atoms with Gasteiger partial charge in [0.25, 0.3) is 0 Å². The molecule has 0 aliphatic heterocycles. The summed E-state index contributed by atoms with van der Waals surface area (Å²) in [4.78, 5) is 9.35. The first-order chi connectivity index (χ1) is 9.58. The first-order valence-electron chi connectivity index (χ1n) is 7.16. The monoisotopic (exact) mass is 273 g/mol. The van der Waals surface area contributed by atoms with E-state index < -0.39 is 0 Å². The summed E-state index contributed by atoms with van der Waals surface area (Å²) in [6, 6.07) is 1.97. The molecular formula is C15H23N5. The molecular weight excluding hydrogens is 250 g/mol. The maximum atomic E-state index is 4.68. The number of nitrogens with zero attached hydrogens (tertiary/aromatic N) is 4. The third kappa shape index (κ3) is 2.66. The van der Waals surface area contributed by atoms with Gasteiger partial charge in [0.2, 0.25) is 0 Å². The van der Waals surface area contributed by atoms with Crippen molar-refractivity contribution < 1.29 is 0 Å². The van der Waals surface area contributed by atoms with Crippen molar-refractivity contribution in [1.29, 1.82) is 0 Å². The third-order valence-electron chi connectivity index (χ3n) is 3.33. The maximum absolute atomic E-state index is 4.68. The van der Waals surface area contributed by atoms with Crippen LogP contribution in [-0.2, 0) is 6.54 Å².